The number of halogens is 1. The highest BCUT2D eigenvalue weighted by Crippen LogP contribution is 2.32. The normalized spacial score (nSPS) is 15.0. The first kappa shape index (κ1) is 47.9. The summed E-state index contributed by atoms with van der Waals surface area (Å²) in [5, 5.41) is 12.8. The number of rotatable bonds is 18. The highest BCUT2D eigenvalue weighted by Gasteiger charge is 2.28. The van der Waals surface area contributed by atoms with Gasteiger partial charge in [0.25, 0.3) is 17.7 Å². The van der Waals surface area contributed by atoms with Crippen LogP contribution in [0.1, 0.15) is 105 Å². The van der Waals surface area contributed by atoms with Crippen molar-refractivity contribution >= 4 is 51.6 Å². The Hall–Kier alpha value is -6.54. The molecule has 14 heteroatoms. The number of hydrogen-bond donors (Lipinski definition) is 4. The maximum atomic E-state index is 14.6. The highest BCUT2D eigenvalue weighted by molar-refractivity contribution is 6.08. The van der Waals surface area contributed by atoms with E-state index in [0.717, 1.165) is 17.0 Å². The van der Waals surface area contributed by atoms with Crippen LogP contribution in [0.3, 0.4) is 0 Å². The van der Waals surface area contributed by atoms with Gasteiger partial charge in [0.05, 0.1) is 54.2 Å². The minimum Gasteiger partial charge on any atom is -0.491 e. The predicted molar refractivity (Wildman–Crippen MR) is 251 cm³/mol. The molecule has 4 N–H and O–H groups in total. The van der Waals surface area contributed by atoms with Crippen LogP contribution < -0.4 is 35.5 Å². The molecule has 5 aromatic rings. The van der Waals surface area contributed by atoms with Crippen LogP contribution >= 0.6 is 0 Å². The Morgan fingerprint density at radius 2 is 1.22 bits per heavy atom. The quantitative estimate of drug-likeness (QED) is 0.0627. The molecule has 1 heterocycles. The molecule has 4 aromatic carbocycles. The van der Waals surface area contributed by atoms with Crippen LogP contribution in [-0.4, -0.2) is 66.7 Å². The van der Waals surface area contributed by atoms with E-state index in [-0.39, 0.29) is 77.1 Å². The lowest BCUT2D eigenvalue weighted by atomic mass is 9.85. The lowest BCUT2D eigenvalue weighted by Gasteiger charge is -2.28. The number of carbonyl (C=O) groups is 4. The molecule has 0 unspecified atom stereocenters. The van der Waals surface area contributed by atoms with E-state index < -0.39 is 17.6 Å². The van der Waals surface area contributed by atoms with Gasteiger partial charge >= 0.3 is 0 Å². The first-order valence-corrected chi connectivity index (χ1v) is 22.2. The van der Waals surface area contributed by atoms with Gasteiger partial charge in [-0.05, 0) is 125 Å². The number of nitrogens with one attached hydrogen (secondary N) is 4. The number of fused-ring (bicyclic) bond motifs is 1. The summed E-state index contributed by atoms with van der Waals surface area (Å²) in [7, 11) is 0. The van der Waals surface area contributed by atoms with Crippen molar-refractivity contribution in [3.8, 4) is 17.2 Å². The van der Waals surface area contributed by atoms with E-state index >= 15 is 0 Å². The number of pyridine rings is 1. The summed E-state index contributed by atoms with van der Waals surface area (Å²) in [4.78, 5) is 58.4. The second-order valence-electron chi connectivity index (χ2n) is 18.1. The Balaban J connectivity index is 1.09. The van der Waals surface area contributed by atoms with Crippen molar-refractivity contribution in [3.05, 3.63) is 114 Å². The molecular formula is C51H60FN5O8. The summed E-state index contributed by atoms with van der Waals surface area (Å²) in [6.07, 6.45) is 4.21. The van der Waals surface area contributed by atoms with Crippen LogP contribution in [-0.2, 0) is 9.53 Å². The molecule has 0 spiro atoms. The molecule has 0 saturated heterocycles. The van der Waals surface area contributed by atoms with Gasteiger partial charge < -0.3 is 40.2 Å². The number of para-hydroxylation sites is 1. The lowest BCUT2D eigenvalue weighted by molar-refractivity contribution is -0.120. The third-order valence-electron chi connectivity index (χ3n) is 10.5. The van der Waals surface area contributed by atoms with Crippen molar-refractivity contribution in [2.45, 2.75) is 85.8 Å². The average Bonchev–Trinajstić information content (AvgIpc) is 3.27. The number of nitrogens with zero attached hydrogens (tertiary/aromatic N) is 1. The summed E-state index contributed by atoms with van der Waals surface area (Å²) in [5.41, 5.74) is 2.57. The Morgan fingerprint density at radius 1 is 0.662 bits per heavy atom. The van der Waals surface area contributed by atoms with Gasteiger partial charge in [-0.15, -0.1) is 0 Å². The molecule has 4 amide bonds. The van der Waals surface area contributed by atoms with E-state index in [9.17, 15) is 23.6 Å². The fourth-order valence-electron chi connectivity index (χ4n) is 7.08. The number of aromatic nitrogens is 1. The van der Waals surface area contributed by atoms with E-state index in [1.807, 2.05) is 78.8 Å². The van der Waals surface area contributed by atoms with Crippen molar-refractivity contribution in [1.82, 2.24) is 10.3 Å². The fourth-order valence-corrected chi connectivity index (χ4v) is 7.08. The zero-order chi connectivity index (χ0) is 46.7. The fraction of sp³-hybridized carbons (Fsp3) is 0.392. The monoisotopic (exact) mass is 889 g/mol. The number of amides is 4. The molecular weight excluding hydrogens is 830 g/mol. The molecule has 0 aliphatic heterocycles. The Labute approximate surface area is 380 Å². The van der Waals surface area contributed by atoms with Gasteiger partial charge in [-0.2, -0.15) is 0 Å². The van der Waals surface area contributed by atoms with Crippen LogP contribution in [0.15, 0.2) is 91.1 Å². The molecule has 0 bridgehead atoms. The summed E-state index contributed by atoms with van der Waals surface area (Å²) in [5.74, 6) is -1.34. The molecule has 0 atom stereocenters. The van der Waals surface area contributed by atoms with Crippen molar-refractivity contribution in [2.24, 2.45) is 17.8 Å². The third-order valence-corrected chi connectivity index (χ3v) is 10.5. The van der Waals surface area contributed by atoms with Crippen LogP contribution in [0.25, 0.3) is 10.9 Å². The lowest BCUT2D eigenvalue weighted by Crippen LogP contribution is -2.39. The van der Waals surface area contributed by atoms with Gasteiger partial charge in [-0.1, -0.05) is 45.9 Å². The third kappa shape index (κ3) is 14.0. The van der Waals surface area contributed by atoms with Gasteiger partial charge in [0.1, 0.15) is 18.1 Å². The smallest absolute Gasteiger partial charge is 0.255 e. The summed E-state index contributed by atoms with van der Waals surface area (Å²) >= 11 is 0. The number of hydrogen-bond acceptors (Lipinski definition) is 9. The highest BCUT2D eigenvalue weighted by atomic mass is 19.1. The largest absolute Gasteiger partial charge is 0.491 e. The van der Waals surface area contributed by atoms with Gasteiger partial charge in [-0.3, -0.25) is 24.2 Å². The number of ether oxygens (including phenoxy) is 4. The molecule has 1 saturated carbocycles. The molecule has 1 aliphatic rings. The van der Waals surface area contributed by atoms with Crippen LogP contribution in [0.5, 0.6) is 17.2 Å². The second kappa shape index (κ2) is 21.9. The molecule has 0 radical (unpaired) electrons. The molecule has 344 valence electrons. The van der Waals surface area contributed by atoms with E-state index in [4.69, 9.17) is 18.9 Å². The number of anilines is 3. The predicted octanol–water partition coefficient (Wildman–Crippen LogP) is 10.1. The maximum absolute atomic E-state index is 14.6. The van der Waals surface area contributed by atoms with Crippen molar-refractivity contribution in [2.75, 3.05) is 42.4 Å². The van der Waals surface area contributed by atoms with Gasteiger partial charge in [0.2, 0.25) is 5.91 Å². The molecule has 1 aliphatic carbocycles. The van der Waals surface area contributed by atoms with Crippen molar-refractivity contribution in [1.29, 1.82) is 0 Å². The van der Waals surface area contributed by atoms with Gasteiger partial charge in [-0.25, -0.2) is 4.39 Å². The molecule has 1 aromatic heterocycles. The van der Waals surface area contributed by atoms with Crippen LogP contribution in [0.4, 0.5) is 21.5 Å². The standard InChI is InChI=1S/C51H60FN5O8/c1-31(2)29-63-45-26-36(48(59)54-38-17-12-33(13-18-38)47(58)55-39-24-34-10-8-9-11-41(34)53-28-39)15-20-42(45)57-50(61)37-16-21-43(46(27-37)64-30-32(3)4)56-49(60)35-14-19-40(52)44(25-35)62-22-23-65-51(5,6)7/h8-11,14-16,19-21,24-28,31-33,38H,12-13,17-18,22-23,29-30H2,1-7H3,(H,54,59)(H,55,58)(H,56,60)(H,57,61). The zero-order valence-electron chi connectivity index (χ0n) is 38.2. The average molecular weight is 890 g/mol. The first-order valence-electron chi connectivity index (χ1n) is 22.2. The number of benzene rings is 4. The summed E-state index contributed by atoms with van der Waals surface area (Å²) in [6, 6.07) is 22.9. The topological polar surface area (TPSA) is 166 Å². The SMILES string of the molecule is CC(C)COc1cc(C(=O)Nc2ccc(C(=O)NC3CCC(C(=O)Nc4cnc5ccccc5c4)CC3)cc2OCC(C)C)ccc1NC(=O)c1ccc(F)c(OCCOC(C)(C)C)c1. The van der Waals surface area contributed by atoms with Crippen LogP contribution in [0, 0.1) is 23.6 Å². The van der Waals surface area contributed by atoms with Crippen molar-refractivity contribution in [3.63, 3.8) is 0 Å². The van der Waals surface area contributed by atoms with E-state index in [0.29, 0.717) is 67.3 Å². The molecule has 13 nitrogen and oxygen atoms in total. The van der Waals surface area contributed by atoms with Crippen LogP contribution in [0.2, 0.25) is 0 Å². The second-order valence-corrected chi connectivity index (χ2v) is 18.1. The zero-order valence-corrected chi connectivity index (χ0v) is 38.2. The maximum Gasteiger partial charge on any atom is 0.255 e. The van der Waals surface area contributed by atoms with Gasteiger partial charge in [0, 0.05) is 34.0 Å². The minimum atomic E-state index is -0.613. The summed E-state index contributed by atoms with van der Waals surface area (Å²) in [6.45, 7) is 14.6. The van der Waals surface area contributed by atoms with Crippen molar-refractivity contribution < 1.29 is 42.5 Å². The number of carbonyl (C=O) groups excluding carboxylic acids is 4. The van der Waals surface area contributed by atoms with E-state index in [2.05, 4.69) is 26.3 Å². The summed E-state index contributed by atoms with van der Waals surface area (Å²) < 4.78 is 38.0. The van der Waals surface area contributed by atoms with Gasteiger partial charge in [0.15, 0.2) is 11.6 Å². The van der Waals surface area contributed by atoms with E-state index in [1.165, 1.54) is 18.2 Å². The Bertz CT molecular complexity index is 2480. The molecule has 65 heavy (non-hydrogen) atoms. The molecule has 6 rings (SSSR count). The molecule has 1 fully saturated rings. The Kier molecular flexibility index (Phi) is 16.1. The Morgan fingerprint density at radius 3 is 1.80 bits per heavy atom. The van der Waals surface area contributed by atoms with E-state index in [1.54, 1.807) is 36.5 Å². The first-order chi connectivity index (χ1) is 31.0. The minimum absolute atomic E-state index is 0.0563.